The van der Waals surface area contributed by atoms with Gasteiger partial charge in [-0.05, 0) is 18.3 Å². The fourth-order valence-corrected chi connectivity index (χ4v) is 2.84. The summed E-state index contributed by atoms with van der Waals surface area (Å²) in [6.45, 7) is 8.82. The third-order valence-corrected chi connectivity index (χ3v) is 4.58. The number of hydrogen-bond acceptors (Lipinski definition) is 3. The third kappa shape index (κ3) is 4.73. The summed E-state index contributed by atoms with van der Waals surface area (Å²) in [5.74, 6) is 0. The molecule has 114 valence electrons. The van der Waals surface area contributed by atoms with Crippen molar-refractivity contribution >= 4 is 0 Å². The fraction of sp³-hybridized carbons (Fsp3) is 1.00. The zero-order chi connectivity index (χ0) is 14.4. The molecule has 0 aromatic heterocycles. The molecular formula is C16H32O3. The maximum atomic E-state index is 6.22. The highest BCUT2D eigenvalue weighted by Gasteiger charge is 2.43. The monoisotopic (exact) mass is 272 g/mol. The predicted octanol–water partition coefficient (Wildman–Crippen LogP) is 3.66. The second-order valence-electron chi connectivity index (χ2n) is 6.97. The predicted molar refractivity (Wildman–Crippen MR) is 78.5 cm³/mol. The van der Waals surface area contributed by atoms with E-state index in [9.17, 15) is 0 Å². The fourth-order valence-electron chi connectivity index (χ4n) is 2.84. The zero-order valence-electron chi connectivity index (χ0n) is 13.5. The maximum absolute atomic E-state index is 6.22. The second-order valence-corrected chi connectivity index (χ2v) is 6.97. The highest BCUT2D eigenvalue weighted by molar-refractivity contribution is 4.91. The lowest BCUT2D eigenvalue weighted by Gasteiger charge is -2.44. The highest BCUT2D eigenvalue weighted by atomic mass is 16.5. The van der Waals surface area contributed by atoms with E-state index >= 15 is 0 Å². The molecule has 1 rings (SSSR count). The van der Waals surface area contributed by atoms with Gasteiger partial charge in [-0.2, -0.15) is 0 Å². The van der Waals surface area contributed by atoms with Crippen LogP contribution < -0.4 is 0 Å². The first kappa shape index (κ1) is 16.9. The molecule has 0 atom stereocenters. The van der Waals surface area contributed by atoms with E-state index in [4.69, 9.17) is 14.2 Å². The van der Waals surface area contributed by atoms with E-state index in [1.54, 1.807) is 14.2 Å². The Bertz CT molecular complexity index is 233. The van der Waals surface area contributed by atoms with Crippen LogP contribution in [0.1, 0.15) is 52.9 Å². The van der Waals surface area contributed by atoms with Crippen molar-refractivity contribution in [3.63, 3.8) is 0 Å². The number of rotatable bonds is 7. The Morgan fingerprint density at radius 2 is 1.37 bits per heavy atom. The number of hydrogen-bond donors (Lipinski definition) is 0. The van der Waals surface area contributed by atoms with Crippen molar-refractivity contribution in [3.8, 4) is 0 Å². The number of ether oxygens (including phenoxy) is 3. The molecule has 3 heteroatoms. The molecule has 0 saturated heterocycles. The molecule has 1 saturated carbocycles. The first-order chi connectivity index (χ1) is 8.95. The summed E-state index contributed by atoms with van der Waals surface area (Å²) in [5, 5.41) is 0. The Balaban J connectivity index is 2.65. The lowest BCUT2D eigenvalue weighted by Crippen LogP contribution is -2.48. The minimum Gasteiger partial charge on any atom is -0.384 e. The van der Waals surface area contributed by atoms with Gasteiger partial charge in [0.1, 0.15) is 0 Å². The number of methoxy groups -OCH3 is 2. The minimum absolute atomic E-state index is 0.0754. The molecular weight excluding hydrogens is 240 g/mol. The van der Waals surface area contributed by atoms with Gasteiger partial charge in [0, 0.05) is 19.6 Å². The van der Waals surface area contributed by atoms with Crippen LogP contribution in [0.25, 0.3) is 0 Å². The molecule has 1 aliphatic carbocycles. The van der Waals surface area contributed by atoms with Crippen molar-refractivity contribution in [3.05, 3.63) is 0 Å². The Morgan fingerprint density at radius 3 is 1.79 bits per heavy atom. The minimum atomic E-state index is -0.0754. The summed E-state index contributed by atoms with van der Waals surface area (Å²) in [7, 11) is 3.52. The molecule has 0 bridgehead atoms. The molecule has 1 fully saturated rings. The van der Waals surface area contributed by atoms with Crippen molar-refractivity contribution < 1.29 is 14.2 Å². The molecule has 0 spiro atoms. The van der Waals surface area contributed by atoms with E-state index in [2.05, 4.69) is 20.8 Å². The van der Waals surface area contributed by atoms with Crippen LogP contribution >= 0.6 is 0 Å². The first-order valence-corrected chi connectivity index (χ1v) is 7.55. The third-order valence-electron chi connectivity index (χ3n) is 4.58. The normalized spacial score (nSPS) is 18.8. The molecule has 3 nitrogen and oxygen atoms in total. The summed E-state index contributed by atoms with van der Waals surface area (Å²) >= 11 is 0. The van der Waals surface area contributed by atoms with Gasteiger partial charge in [-0.1, -0.05) is 40.0 Å². The molecule has 0 aliphatic heterocycles. The molecule has 0 aromatic rings. The van der Waals surface area contributed by atoms with Gasteiger partial charge in [0.25, 0.3) is 0 Å². The summed E-state index contributed by atoms with van der Waals surface area (Å²) in [6, 6.07) is 0. The summed E-state index contributed by atoms with van der Waals surface area (Å²) in [5.41, 5.74) is 0.0155. The average molecular weight is 272 g/mol. The van der Waals surface area contributed by atoms with Gasteiger partial charge < -0.3 is 14.2 Å². The van der Waals surface area contributed by atoms with Crippen molar-refractivity contribution in [1.29, 1.82) is 0 Å². The van der Waals surface area contributed by atoms with Gasteiger partial charge in [0.15, 0.2) is 0 Å². The quantitative estimate of drug-likeness (QED) is 0.708. The lowest BCUT2D eigenvalue weighted by atomic mass is 9.68. The van der Waals surface area contributed by atoms with Gasteiger partial charge in [-0.15, -0.1) is 0 Å². The maximum Gasteiger partial charge on any atom is 0.0575 e. The van der Waals surface area contributed by atoms with Gasteiger partial charge in [0.2, 0.25) is 0 Å². The Morgan fingerprint density at radius 1 is 0.842 bits per heavy atom. The molecule has 0 radical (unpaired) electrons. The lowest BCUT2D eigenvalue weighted by molar-refractivity contribution is -0.127. The molecule has 0 unspecified atom stereocenters. The zero-order valence-corrected chi connectivity index (χ0v) is 13.5. The SMILES string of the molecule is COCC(COC)(COC1CCCCC1)C(C)(C)C. The molecule has 0 N–H and O–H groups in total. The van der Waals surface area contributed by atoms with Gasteiger partial charge in [0.05, 0.1) is 25.9 Å². The molecule has 19 heavy (non-hydrogen) atoms. The average Bonchev–Trinajstić information content (AvgIpc) is 2.36. The van der Waals surface area contributed by atoms with Crippen LogP contribution in [0.15, 0.2) is 0 Å². The van der Waals surface area contributed by atoms with Crippen LogP contribution in [-0.2, 0) is 14.2 Å². The molecule has 0 aromatic carbocycles. The van der Waals surface area contributed by atoms with Crippen molar-refractivity contribution in [2.24, 2.45) is 10.8 Å². The van der Waals surface area contributed by atoms with Crippen LogP contribution in [0, 0.1) is 10.8 Å². The largest absolute Gasteiger partial charge is 0.384 e. The topological polar surface area (TPSA) is 27.7 Å². The summed E-state index contributed by atoms with van der Waals surface area (Å²) in [4.78, 5) is 0. The van der Waals surface area contributed by atoms with E-state index in [1.165, 1.54) is 32.1 Å². The molecule has 1 aliphatic rings. The van der Waals surface area contributed by atoms with Crippen molar-refractivity contribution in [2.45, 2.75) is 59.0 Å². The van der Waals surface area contributed by atoms with Crippen molar-refractivity contribution in [1.82, 2.24) is 0 Å². The van der Waals surface area contributed by atoms with Gasteiger partial charge in [-0.25, -0.2) is 0 Å². The van der Waals surface area contributed by atoms with Crippen LogP contribution in [0.4, 0.5) is 0 Å². The smallest absolute Gasteiger partial charge is 0.0575 e. The summed E-state index contributed by atoms with van der Waals surface area (Å²) < 4.78 is 17.2. The van der Waals surface area contributed by atoms with E-state index in [0.717, 1.165) is 6.61 Å². The van der Waals surface area contributed by atoms with Crippen LogP contribution in [0.3, 0.4) is 0 Å². The standard InChI is InChI=1S/C16H32O3/c1-15(2,3)16(11-17-4,12-18-5)13-19-14-9-7-6-8-10-14/h14H,6-13H2,1-5H3. The van der Waals surface area contributed by atoms with E-state index < -0.39 is 0 Å². The second kappa shape index (κ2) is 7.61. The highest BCUT2D eigenvalue weighted by Crippen LogP contribution is 2.40. The first-order valence-electron chi connectivity index (χ1n) is 7.55. The van der Waals surface area contributed by atoms with Gasteiger partial charge >= 0.3 is 0 Å². The Hall–Kier alpha value is -0.120. The van der Waals surface area contributed by atoms with E-state index in [-0.39, 0.29) is 10.8 Å². The Kier molecular flexibility index (Phi) is 6.78. The van der Waals surface area contributed by atoms with Crippen LogP contribution in [0.2, 0.25) is 0 Å². The molecule has 0 heterocycles. The molecule has 0 amide bonds. The summed E-state index contributed by atoms with van der Waals surface area (Å²) in [6.07, 6.45) is 6.83. The van der Waals surface area contributed by atoms with Crippen LogP contribution in [-0.4, -0.2) is 40.1 Å². The van der Waals surface area contributed by atoms with E-state index in [0.29, 0.717) is 19.3 Å². The van der Waals surface area contributed by atoms with Crippen LogP contribution in [0.5, 0.6) is 0 Å². The van der Waals surface area contributed by atoms with Crippen molar-refractivity contribution in [2.75, 3.05) is 34.0 Å². The van der Waals surface area contributed by atoms with E-state index in [1.807, 2.05) is 0 Å². The van der Waals surface area contributed by atoms with Gasteiger partial charge in [-0.3, -0.25) is 0 Å². The Labute approximate surface area is 119 Å².